The van der Waals surface area contributed by atoms with Crippen molar-refractivity contribution >= 4 is 6.16 Å². The molecule has 3 aliphatic rings. The van der Waals surface area contributed by atoms with Gasteiger partial charge >= 0.3 is 6.16 Å². The molecule has 0 aromatic heterocycles. The van der Waals surface area contributed by atoms with Gasteiger partial charge in [-0.15, -0.1) is 0 Å². The molecule has 0 amide bonds. The van der Waals surface area contributed by atoms with Crippen LogP contribution < -0.4 is 9.47 Å². The van der Waals surface area contributed by atoms with Crippen LogP contribution in [0.15, 0.2) is 12.1 Å². The maximum Gasteiger partial charge on any atom is 0.514 e. The van der Waals surface area contributed by atoms with Crippen LogP contribution in [0, 0.1) is 0 Å². The lowest BCUT2D eigenvalue weighted by Crippen LogP contribution is -2.72. The van der Waals surface area contributed by atoms with Crippen LogP contribution in [0.3, 0.4) is 0 Å². The number of likely N-dealkylation sites (N-methyl/N-ethyl adjacent to an activating group) is 1. The van der Waals surface area contributed by atoms with Crippen molar-refractivity contribution in [3.05, 3.63) is 23.3 Å². The van der Waals surface area contributed by atoms with E-state index in [0.717, 1.165) is 17.7 Å². The Morgan fingerprint density at radius 3 is 2.70 bits per heavy atom. The molecule has 2 aliphatic carbocycles. The summed E-state index contributed by atoms with van der Waals surface area (Å²) in [6.07, 6.45) is -0.529. The molecule has 0 saturated heterocycles. The van der Waals surface area contributed by atoms with E-state index in [0.29, 0.717) is 25.0 Å². The third kappa shape index (κ3) is 2.93. The molecular weight excluding hydrogens is 386 g/mol. The van der Waals surface area contributed by atoms with Gasteiger partial charge in [-0.2, -0.15) is 0 Å². The molecule has 7 nitrogen and oxygen atoms in total. The number of hydrogen-bond donors (Lipinski definition) is 2. The highest BCUT2D eigenvalue weighted by Crippen LogP contribution is 2.62. The Kier molecular flexibility index (Phi) is 4.88. The topological polar surface area (TPSA) is 88.5 Å². The van der Waals surface area contributed by atoms with Gasteiger partial charge in [-0.25, -0.2) is 4.79 Å². The number of carbonyl (C=O) groups is 1. The van der Waals surface area contributed by atoms with E-state index in [1.54, 1.807) is 26.8 Å². The zero-order chi connectivity index (χ0) is 22.1. The predicted octanol–water partition coefficient (Wildman–Crippen LogP) is 2.78. The van der Waals surface area contributed by atoms with Gasteiger partial charge in [-0.3, -0.25) is 0 Å². The fourth-order valence-corrected chi connectivity index (χ4v) is 5.62. The number of nitrogens with zero attached hydrogens (tertiary/aromatic N) is 1. The molecule has 0 bridgehead atoms. The van der Waals surface area contributed by atoms with Crippen molar-refractivity contribution in [3.8, 4) is 11.5 Å². The van der Waals surface area contributed by atoms with Crippen molar-refractivity contribution < 1.29 is 29.2 Å². The molecule has 1 aliphatic heterocycles. The minimum absolute atomic E-state index is 0.0952. The van der Waals surface area contributed by atoms with Crippen molar-refractivity contribution in [1.82, 2.24) is 4.90 Å². The average molecular weight is 420 g/mol. The molecule has 166 valence electrons. The standard InChI is InChI=1S/C23H33NO6/c1-7-24(6)16-12-13-8-9-15(28-20(26)30-21(2,3)4)18-17(13)22(5)19(29-18)14(25)10-11-23(16,22)27/h8-9,14,16,19,25,27H,7,10-12H2,1-6H3/t14?,16-,19+,22+,23-/m1/s1. The Bertz CT molecular complexity index is 864. The number of hydrogen-bond acceptors (Lipinski definition) is 7. The lowest BCUT2D eigenvalue weighted by Gasteiger charge is -2.58. The minimum atomic E-state index is -1.07. The summed E-state index contributed by atoms with van der Waals surface area (Å²) < 4.78 is 17.0. The lowest BCUT2D eigenvalue weighted by molar-refractivity contribution is -0.175. The van der Waals surface area contributed by atoms with Crippen molar-refractivity contribution in [2.24, 2.45) is 0 Å². The van der Waals surface area contributed by atoms with E-state index in [9.17, 15) is 15.0 Å². The summed E-state index contributed by atoms with van der Waals surface area (Å²) in [4.78, 5) is 14.5. The Morgan fingerprint density at radius 2 is 2.07 bits per heavy atom. The van der Waals surface area contributed by atoms with E-state index < -0.39 is 35.0 Å². The molecule has 1 saturated carbocycles. The van der Waals surface area contributed by atoms with Crippen molar-refractivity contribution in [1.29, 1.82) is 0 Å². The van der Waals surface area contributed by atoms with Crippen LogP contribution in [-0.2, 0) is 16.6 Å². The molecular formula is C23H33NO6. The van der Waals surface area contributed by atoms with Gasteiger partial charge in [0.05, 0.1) is 17.1 Å². The van der Waals surface area contributed by atoms with Gasteiger partial charge in [0, 0.05) is 11.6 Å². The van der Waals surface area contributed by atoms with E-state index in [1.807, 2.05) is 20.0 Å². The largest absolute Gasteiger partial charge is 0.514 e. The second kappa shape index (κ2) is 6.84. The van der Waals surface area contributed by atoms with Crippen LogP contribution in [-0.4, -0.2) is 64.3 Å². The summed E-state index contributed by atoms with van der Waals surface area (Å²) >= 11 is 0. The first kappa shape index (κ1) is 21.4. The number of aliphatic hydroxyl groups excluding tert-OH is 1. The van der Waals surface area contributed by atoms with Gasteiger partial charge in [-0.1, -0.05) is 13.0 Å². The monoisotopic (exact) mass is 419 g/mol. The summed E-state index contributed by atoms with van der Waals surface area (Å²) in [5.41, 5.74) is -0.661. The Hall–Kier alpha value is -1.83. The molecule has 2 N–H and O–H groups in total. The van der Waals surface area contributed by atoms with E-state index in [-0.39, 0.29) is 11.8 Å². The van der Waals surface area contributed by atoms with Gasteiger partial charge in [0.2, 0.25) is 0 Å². The zero-order valence-corrected chi connectivity index (χ0v) is 18.7. The average Bonchev–Trinajstić information content (AvgIpc) is 2.98. The highest BCUT2D eigenvalue weighted by molar-refractivity contribution is 5.69. The highest BCUT2D eigenvalue weighted by atomic mass is 16.7. The summed E-state index contributed by atoms with van der Waals surface area (Å²) in [5.74, 6) is 0.693. The molecule has 1 aromatic rings. The quantitative estimate of drug-likeness (QED) is 0.575. The van der Waals surface area contributed by atoms with Gasteiger partial charge in [0.15, 0.2) is 11.5 Å². The van der Waals surface area contributed by atoms with E-state index >= 15 is 0 Å². The van der Waals surface area contributed by atoms with Crippen LogP contribution in [0.4, 0.5) is 4.79 Å². The molecule has 5 atom stereocenters. The first-order valence-corrected chi connectivity index (χ1v) is 10.8. The summed E-state index contributed by atoms with van der Waals surface area (Å²) in [7, 11) is 2.02. The number of carbonyl (C=O) groups excluding carboxylic acids is 1. The van der Waals surface area contributed by atoms with Crippen LogP contribution in [0.1, 0.15) is 58.6 Å². The minimum Gasteiger partial charge on any atom is -0.482 e. The number of ether oxygens (including phenoxy) is 3. The third-order valence-corrected chi connectivity index (χ3v) is 7.19. The van der Waals surface area contributed by atoms with Gasteiger partial charge in [0.1, 0.15) is 11.7 Å². The zero-order valence-electron chi connectivity index (χ0n) is 18.7. The van der Waals surface area contributed by atoms with Crippen LogP contribution >= 0.6 is 0 Å². The fourth-order valence-electron chi connectivity index (χ4n) is 5.62. The van der Waals surface area contributed by atoms with E-state index in [4.69, 9.17) is 14.2 Å². The van der Waals surface area contributed by atoms with E-state index in [1.165, 1.54) is 0 Å². The molecule has 0 spiro atoms. The van der Waals surface area contributed by atoms with Gasteiger partial charge in [0.25, 0.3) is 0 Å². The van der Waals surface area contributed by atoms with E-state index in [2.05, 4.69) is 11.8 Å². The van der Waals surface area contributed by atoms with Gasteiger partial charge < -0.3 is 29.3 Å². The maximum absolute atomic E-state index is 12.3. The van der Waals surface area contributed by atoms with Crippen molar-refractivity contribution in [2.75, 3.05) is 13.6 Å². The molecule has 1 heterocycles. The highest BCUT2D eigenvalue weighted by Gasteiger charge is 2.69. The molecule has 1 aromatic carbocycles. The Morgan fingerprint density at radius 1 is 1.37 bits per heavy atom. The molecule has 1 fully saturated rings. The Labute approximate surface area is 177 Å². The fraction of sp³-hybridized carbons (Fsp3) is 0.696. The van der Waals surface area contributed by atoms with Crippen LogP contribution in [0.25, 0.3) is 0 Å². The van der Waals surface area contributed by atoms with Crippen LogP contribution in [0.5, 0.6) is 11.5 Å². The molecule has 1 unspecified atom stereocenters. The first-order chi connectivity index (χ1) is 13.9. The van der Waals surface area contributed by atoms with Crippen molar-refractivity contribution in [3.63, 3.8) is 0 Å². The molecule has 4 rings (SSSR count). The second-order valence-corrected chi connectivity index (χ2v) is 10.1. The summed E-state index contributed by atoms with van der Waals surface area (Å²) in [5, 5.41) is 22.8. The second-order valence-electron chi connectivity index (χ2n) is 10.1. The first-order valence-electron chi connectivity index (χ1n) is 10.8. The number of aliphatic hydroxyl groups is 2. The molecule has 30 heavy (non-hydrogen) atoms. The summed E-state index contributed by atoms with van der Waals surface area (Å²) in [6.45, 7) is 10.2. The normalized spacial score (nSPS) is 34.4. The SMILES string of the molecule is CCN(C)[C@@H]1Cc2ccc(OC(=O)OC(C)(C)C)c3c2[C@@]2(C)[C@@H](O3)C(O)CC[C@@]12O. The number of rotatable bonds is 3. The smallest absolute Gasteiger partial charge is 0.482 e. The number of benzene rings is 1. The van der Waals surface area contributed by atoms with Crippen LogP contribution in [0.2, 0.25) is 0 Å². The predicted molar refractivity (Wildman–Crippen MR) is 111 cm³/mol. The lowest BCUT2D eigenvalue weighted by atomic mass is 9.52. The molecule has 7 heteroatoms. The Balaban J connectivity index is 1.81. The third-order valence-electron chi connectivity index (χ3n) is 7.19. The maximum atomic E-state index is 12.3. The summed E-state index contributed by atoms with van der Waals surface area (Å²) in [6, 6.07) is 3.56. The van der Waals surface area contributed by atoms with Crippen molar-refractivity contribution in [2.45, 2.75) is 88.7 Å². The van der Waals surface area contributed by atoms with Gasteiger partial charge in [-0.05, 0) is 72.2 Å². The molecule has 0 radical (unpaired) electrons.